The van der Waals surface area contributed by atoms with Crippen molar-refractivity contribution in [3.05, 3.63) is 28.7 Å². The third kappa shape index (κ3) is 3.63. The minimum absolute atomic E-state index is 0.0329. The Morgan fingerprint density at radius 3 is 3.12 bits per heavy atom. The van der Waals surface area contributed by atoms with E-state index < -0.39 is 0 Å². The van der Waals surface area contributed by atoms with Crippen molar-refractivity contribution in [2.24, 2.45) is 5.92 Å². The summed E-state index contributed by atoms with van der Waals surface area (Å²) in [5, 5.41) is 7.50. The third-order valence-corrected chi connectivity index (χ3v) is 4.96. The molecule has 3 heterocycles. The lowest BCUT2D eigenvalue weighted by atomic mass is 10.1. The maximum atomic E-state index is 12.7. The maximum absolute atomic E-state index is 12.7. The van der Waals surface area contributed by atoms with E-state index in [-0.39, 0.29) is 28.8 Å². The monoisotopic (exact) mass is 364 g/mol. The molecule has 0 aromatic carbocycles. The van der Waals surface area contributed by atoms with Gasteiger partial charge in [0.1, 0.15) is 5.02 Å². The molecular formula is C17H21ClN4O3. The van der Waals surface area contributed by atoms with Gasteiger partial charge < -0.3 is 14.8 Å². The molecule has 2 atom stereocenters. The zero-order chi connectivity index (χ0) is 17.4. The summed E-state index contributed by atoms with van der Waals surface area (Å²) in [6.45, 7) is 3.75. The van der Waals surface area contributed by atoms with Crippen LogP contribution in [-0.2, 0) is 9.47 Å². The quantitative estimate of drug-likeness (QED) is 0.878. The number of carbonyl (C=O) groups is 1. The number of fused-ring (bicyclic) bond motifs is 1. The van der Waals surface area contributed by atoms with Gasteiger partial charge in [-0.15, -0.1) is 0 Å². The Morgan fingerprint density at radius 1 is 1.48 bits per heavy atom. The number of rotatable bonds is 5. The second-order valence-electron chi connectivity index (χ2n) is 6.82. The van der Waals surface area contributed by atoms with Crippen LogP contribution in [0, 0.1) is 12.8 Å². The minimum atomic E-state index is -0.330. The number of aryl methyl sites for hydroxylation is 1. The Hall–Kier alpha value is -1.70. The second kappa shape index (κ2) is 6.90. The standard InChI is InChI=1S/C17H21ClN4O3/c1-10-6-19-16-14(18)15(21-22(16)7-10)17(23)20-12-9-24-5-4-13(12)25-8-11-2-3-11/h6-7,11-13H,2-5,8-9H2,1H3,(H,20,23)/t12-,13+/m1/s1. The SMILES string of the molecule is Cc1cnc2c(Cl)c(C(=O)N[C@@H]3COCC[C@@H]3OCC3CC3)nn2c1. The van der Waals surface area contributed by atoms with E-state index >= 15 is 0 Å². The zero-order valence-electron chi connectivity index (χ0n) is 14.1. The predicted octanol–water partition coefficient (Wildman–Crippen LogP) is 2.01. The number of aromatic nitrogens is 3. The number of nitrogens with one attached hydrogen (secondary N) is 1. The predicted molar refractivity (Wildman–Crippen MR) is 91.9 cm³/mol. The Balaban J connectivity index is 1.48. The first kappa shape index (κ1) is 16.8. The molecule has 0 radical (unpaired) electrons. The van der Waals surface area contributed by atoms with Gasteiger partial charge in [0.2, 0.25) is 0 Å². The number of carbonyl (C=O) groups excluding carboxylic acids is 1. The minimum Gasteiger partial charge on any atom is -0.379 e. The summed E-state index contributed by atoms with van der Waals surface area (Å²) in [5.41, 5.74) is 1.58. The fourth-order valence-corrected chi connectivity index (χ4v) is 3.24. The van der Waals surface area contributed by atoms with E-state index in [4.69, 9.17) is 21.1 Å². The summed E-state index contributed by atoms with van der Waals surface area (Å²) in [4.78, 5) is 16.9. The van der Waals surface area contributed by atoms with Crippen LogP contribution in [0.1, 0.15) is 35.3 Å². The molecule has 1 saturated heterocycles. The summed E-state index contributed by atoms with van der Waals surface area (Å²) in [6.07, 6.45) is 6.71. The van der Waals surface area contributed by atoms with E-state index in [9.17, 15) is 4.79 Å². The molecule has 4 rings (SSSR count). The molecule has 2 aromatic heterocycles. The Kier molecular flexibility index (Phi) is 4.62. The van der Waals surface area contributed by atoms with Crippen molar-refractivity contribution in [3.8, 4) is 0 Å². The number of halogens is 1. The van der Waals surface area contributed by atoms with Crippen molar-refractivity contribution in [1.82, 2.24) is 19.9 Å². The largest absolute Gasteiger partial charge is 0.379 e. The molecule has 1 N–H and O–H groups in total. The number of amides is 1. The van der Waals surface area contributed by atoms with Crippen LogP contribution in [0.3, 0.4) is 0 Å². The van der Waals surface area contributed by atoms with Crippen molar-refractivity contribution in [1.29, 1.82) is 0 Å². The molecule has 8 heteroatoms. The molecule has 1 saturated carbocycles. The zero-order valence-corrected chi connectivity index (χ0v) is 14.8. The van der Waals surface area contributed by atoms with Crippen molar-refractivity contribution < 1.29 is 14.3 Å². The first-order valence-electron chi connectivity index (χ1n) is 8.62. The van der Waals surface area contributed by atoms with E-state index in [1.54, 1.807) is 12.4 Å². The molecule has 2 fully saturated rings. The summed E-state index contributed by atoms with van der Waals surface area (Å²) in [7, 11) is 0. The number of ether oxygens (including phenoxy) is 2. The van der Waals surface area contributed by atoms with Gasteiger partial charge in [-0.1, -0.05) is 11.6 Å². The average molecular weight is 365 g/mol. The van der Waals surface area contributed by atoms with Gasteiger partial charge >= 0.3 is 0 Å². The lowest BCUT2D eigenvalue weighted by Crippen LogP contribution is -2.50. The van der Waals surface area contributed by atoms with E-state index in [1.807, 2.05) is 6.92 Å². The van der Waals surface area contributed by atoms with Crippen LogP contribution < -0.4 is 5.32 Å². The van der Waals surface area contributed by atoms with E-state index in [0.717, 1.165) is 18.6 Å². The van der Waals surface area contributed by atoms with Crippen molar-refractivity contribution in [2.45, 2.75) is 38.3 Å². The van der Waals surface area contributed by atoms with Crippen molar-refractivity contribution in [3.63, 3.8) is 0 Å². The molecule has 2 aromatic rings. The molecule has 25 heavy (non-hydrogen) atoms. The molecular weight excluding hydrogens is 344 g/mol. The van der Waals surface area contributed by atoms with E-state index in [2.05, 4.69) is 15.4 Å². The lowest BCUT2D eigenvalue weighted by molar-refractivity contribution is -0.0567. The fraction of sp³-hybridized carbons (Fsp3) is 0.588. The smallest absolute Gasteiger partial charge is 0.273 e. The second-order valence-corrected chi connectivity index (χ2v) is 7.20. The highest BCUT2D eigenvalue weighted by Crippen LogP contribution is 2.30. The first-order chi connectivity index (χ1) is 12.1. The maximum Gasteiger partial charge on any atom is 0.273 e. The van der Waals surface area contributed by atoms with Crippen LogP contribution in [0.4, 0.5) is 0 Å². The van der Waals surface area contributed by atoms with Crippen LogP contribution in [0.5, 0.6) is 0 Å². The molecule has 7 nitrogen and oxygen atoms in total. The number of hydrogen-bond acceptors (Lipinski definition) is 5. The van der Waals surface area contributed by atoms with Gasteiger partial charge in [-0.2, -0.15) is 5.10 Å². The molecule has 0 bridgehead atoms. The molecule has 1 aliphatic carbocycles. The van der Waals surface area contributed by atoms with Crippen LogP contribution in [0.15, 0.2) is 12.4 Å². The Labute approximate surface area is 150 Å². The molecule has 1 amide bonds. The third-order valence-electron chi connectivity index (χ3n) is 4.61. The van der Waals surface area contributed by atoms with Crippen LogP contribution in [0.25, 0.3) is 5.65 Å². The van der Waals surface area contributed by atoms with E-state index in [1.165, 1.54) is 17.4 Å². The number of hydrogen-bond donors (Lipinski definition) is 1. The van der Waals surface area contributed by atoms with Gasteiger partial charge in [0.25, 0.3) is 5.91 Å². The Morgan fingerprint density at radius 2 is 2.32 bits per heavy atom. The van der Waals surface area contributed by atoms with Crippen LogP contribution in [-0.4, -0.2) is 52.5 Å². The van der Waals surface area contributed by atoms with Gasteiger partial charge in [-0.05, 0) is 37.7 Å². The van der Waals surface area contributed by atoms with Gasteiger partial charge in [0.15, 0.2) is 11.3 Å². The average Bonchev–Trinajstić information content (AvgIpc) is 3.37. The number of nitrogens with zero attached hydrogens (tertiary/aromatic N) is 3. The highest BCUT2D eigenvalue weighted by atomic mass is 35.5. The Bertz CT molecular complexity index is 790. The lowest BCUT2D eigenvalue weighted by Gasteiger charge is -2.32. The van der Waals surface area contributed by atoms with Crippen LogP contribution >= 0.6 is 11.6 Å². The molecule has 1 aliphatic heterocycles. The highest BCUT2D eigenvalue weighted by Gasteiger charge is 2.32. The molecule has 0 spiro atoms. The summed E-state index contributed by atoms with van der Waals surface area (Å²) in [5.74, 6) is 0.352. The van der Waals surface area contributed by atoms with Gasteiger partial charge in [-0.3, -0.25) is 4.79 Å². The van der Waals surface area contributed by atoms with Gasteiger partial charge in [0.05, 0.1) is 18.8 Å². The van der Waals surface area contributed by atoms with E-state index in [0.29, 0.717) is 24.8 Å². The van der Waals surface area contributed by atoms with Crippen molar-refractivity contribution >= 4 is 23.2 Å². The van der Waals surface area contributed by atoms with Crippen LogP contribution in [0.2, 0.25) is 5.02 Å². The van der Waals surface area contributed by atoms with Gasteiger partial charge in [0, 0.05) is 25.6 Å². The first-order valence-corrected chi connectivity index (χ1v) is 9.00. The molecule has 0 unspecified atom stereocenters. The fourth-order valence-electron chi connectivity index (χ4n) is 2.98. The normalized spacial score (nSPS) is 23.8. The molecule has 2 aliphatic rings. The molecule has 134 valence electrons. The summed E-state index contributed by atoms with van der Waals surface area (Å²) in [6, 6.07) is -0.199. The van der Waals surface area contributed by atoms with Gasteiger partial charge in [-0.25, -0.2) is 9.50 Å². The van der Waals surface area contributed by atoms with Crippen molar-refractivity contribution in [2.75, 3.05) is 19.8 Å². The topological polar surface area (TPSA) is 77.8 Å². The summed E-state index contributed by atoms with van der Waals surface area (Å²) < 4.78 is 13.0. The highest BCUT2D eigenvalue weighted by molar-refractivity contribution is 6.36. The summed E-state index contributed by atoms with van der Waals surface area (Å²) >= 11 is 6.30.